The summed E-state index contributed by atoms with van der Waals surface area (Å²) in [6, 6.07) is 3.91. The molecule has 10 heteroatoms. The van der Waals surface area contributed by atoms with Crippen molar-refractivity contribution in [3.8, 4) is 0 Å². The minimum absolute atomic E-state index is 0.163. The van der Waals surface area contributed by atoms with Gasteiger partial charge in [0.2, 0.25) is 5.91 Å². The fourth-order valence-electron chi connectivity index (χ4n) is 3.37. The van der Waals surface area contributed by atoms with E-state index in [0.717, 1.165) is 44.9 Å². The molecule has 0 aromatic carbocycles. The Morgan fingerprint density at radius 3 is 2.67 bits per heavy atom. The van der Waals surface area contributed by atoms with Crippen molar-refractivity contribution in [3.63, 3.8) is 0 Å². The Hall–Kier alpha value is -2.07. The standard InChI is InChI=1S/C15H22N2O3.C2HF3O2/c1-19-8-6-17-5-4-12-9-16(11-14(12)15(17)18)10-13-3-2-7-20-13;3-2(4,5)1(6)7/h2-3,7,12,14H,4-6,8-11H2,1H3;(H,6,7)/t12-,14-;/m0./s1. The molecule has 152 valence electrons. The van der Waals surface area contributed by atoms with Crippen LogP contribution in [0.4, 0.5) is 13.2 Å². The van der Waals surface area contributed by atoms with E-state index in [0.29, 0.717) is 18.4 Å². The highest BCUT2D eigenvalue weighted by atomic mass is 19.4. The zero-order chi connectivity index (χ0) is 20.0. The molecule has 0 unspecified atom stereocenters. The fraction of sp³-hybridized carbons (Fsp3) is 0.647. The van der Waals surface area contributed by atoms with Gasteiger partial charge in [0.05, 0.1) is 25.3 Å². The van der Waals surface area contributed by atoms with Crippen LogP contribution in [0.2, 0.25) is 0 Å². The molecule has 2 aliphatic heterocycles. The molecule has 2 saturated heterocycles. The van der Waals surface area contributed by atoms with Crippen LogP contribution in [0.25, 0.3) is 0 Å². The van der Waals surface area contributed by atoms with Gasteiger partial charge in [0.1, 0.15) is 5.76 Å². The van der Waals surface area contributed by atoms with Crippen molar-refractivity contribution in [2.24, 2.45) is 11.8 Å². The first-order chi connectivity index (χ1) is 12.7. The summed E-state index contributed by atoms with van der Waals surface area (Å²) in [7, 11) is 1.68. The monoisotopic (exact) mass is 392 g/mol. The molecule has 2 atom stereocenters. The lowest BCUT2D eigenvalue weighted by molar-refractivity contribution is -0.192. The third-order valence-electron chi connectivity index (χ3n) is 4.68. The molecule has 0 spiro atoms. The largest absolute Gasteiger partial charge is 0.490 e. The third kappa shape index (κ3) is 5.96. The first kappa shape index (κ1) is 21.2. The Labute approximate surface area is 154 Å². The van der Waals surface area contributed by atoms with Crippen molar-refractivity contribution in [2.75, 3.05) is 39.9 Å². The van der Waals surface area contributed by atoms with E-state index in [9.17, 15) is 18.0 Å². The lowest BCUT2D eigenvalue weighted by Crippen LogP contribution is -2.46. The van der Waals surface area contributed by atoms with Gasteiger partial charge in [-0.25, -0.2) is 4.79 Å². The maximum absolute atomic E-state index is 12.5. The van der Waals surface area contributed by atoms with Crippen LogP contribution in [0.5, 0.6) is 0 Å². The topological polar surface area (TPSA) is 83.2 Å². The lowest BCUT2D eigenvalue weighted by atomic mass is 9.88. The van der Waals surface area contributed by atoms with Gasteiger partial charge < -0.3 is 19.2 Å². The van der Waals surface area contributed by atoms with Gasteiger partial charge in [-0.2, -0.15) is 13.2 Å². The Morgan fingerprint density at radius 1 is 1.41 bits per heavy atom. The van der Waals surface area contributed by atoms with Crippen LogP contribution in [0.1, 0.15) is 12.2 Å². The van der Waals surface area contributed by atoms with Gasteiger partial charge >= 0.3 is 12.1 Å². The highest BCUT2D eigenvalue weighted by molar-refractivity contribution is 5.80. The number of alkyl halides is 3. The van der Waals surface area contributed by atoms with Crippen LogP contribution in [0.15, 0.2) is 22.8 Å². The molecule has 0 aliphatic carbocycles. The second-order valence-corrected chi connectivity index (χ2v) is 6.55. The van der Waals surface area contributed by atoms with Gasteiger partial charge in [0, 0.05) is 33.3 Å². The Bertz CT molecular complexity index is 621. The molecule has 1 aromatic heterocycles. The fourth-order valence-corrected chi connectivity index (χ4v) is 3.37. The predicted molar refractivity (Wildman–Crippen MR) is 87.7 cm³/mol. The molecular weight excluding hydrogens is 369 g/mol. The summed E-state index contributed by atoms with van der Waals surface area (Å²) in [5.41, 5.74) is 0. The number of likely N-dealkylation sites (tertiary alicyclic amines) is 2. The lowest BCUT2D eigenvalue weighted by Gasteiger charge is -2.33. The number of piperidine rings is 1. The summed E-state index contributed by atoms with van der Waals surface area (Å²) < 4.78 is 42.2. The summed E-state index contributed by atoms with van der Waals surface area (Å²) in [4.78, 5) is 25.7. The quantitative estimate of drug-likeness (QED) is 0.823. The van der Waals surface area contributed by atoms with Gasteiger partial charge in [-0.3, -0.25) is 9.69 Å². The molecule has 0 bridgehead atoms. The number of hydrogen-bond donors (Lipinski definition) is 1. The molecule has 2 aliphatic rings. The number of carbonyl (C=O) groups excluding carboxylic acids is 1. The Balaban J connectivity index is 0.000000321. The average molecular weight is 392 g/mol. The normalized spacial score (nSPS) is 23.0. The van der Waals surface area contributed by atoms with E-state index in [1.807, 2.05) is 17.0 Å². The van der Waals surface area contributed by atoms with Gasteiger partial charge in [-0.05, 0) is 24.5 Å². The van der Waals surface area contributed by atoms with Crippen molar-refractivity contribution in [1.29, 1.82) is 0 Å². The molecule has 0 saturated carbocycles. The number of nitrogens with zero attached hydrogens (tertiary/aromatic N) is 2. The number of carbonyl (C=O) groups is 2. The van der Waals surface area contributed by atoms with E-state index in [4.69, 9.17) is 19.1 Å². The van der Waals surface area contributed by atoms with Crippen LogP contribution in [-0.4, -0.2) is 72.9 Å². The van der Waals surface area contributed by atoms with Gasteiger partial charge in [0.15, 0.2) is 0 Å². The Morgan fingerprint density at radius 2 is 2.11 bits per heavy atom. The molecule has 1 amide bonds. The van der Waals surface area contributed by atoms with Crippen molar-refractivity contribution in [2.45, 2.75) is 19.1 Å². The maximum atomic E-state index is 12.5. The average Bonchev–Trinajstić information content (AvgIpc) is 3.24. The summed E-state index contributed by atoms with van der Waals surface area (Å²) >= 11 is 0. The van der Waals surface area contributed by atoms with Crippen LogP contribution in [0.3, 0.4) is 0 Å². The highest BCUT2D eigenvalue weighted by Gasteiger charge is 2.42. The van der Waals surface area contributed by atoms with E-state index in [-0.39, 0.29) is 5.92 Å². The molecule has 3 rings (SSSR count). The highest BCUT2D eigenvalue weighted by Crippen LogP contribution is 2.32. The third-order valence-corrected chi connectivity index (χ3v) is 4.68. The van der Waals surface area contributed by atoms with Crippen LogP contribution in [0, 0.1) is 11.8 Å². The van der Waals surface area contributed by atoms with Gasteiger partial charge in [-0.1, -0.05) is 0 Å². The van der Waals surface area contributed by atoms with Gasteiger partial charge in [0.25, 0.3) is 0 Å². The smallest absolute Gasteiger partial charge is 0.475 e. The van der Waals surface area contributed by atoms with E-state index in [1.54, 1.807) is 13.4 Å². The number of carboxylic acid groups (broad SMARTS) is 1. The number of fused-ring (bicyclic) bond motifs is 1. The summed E-state index contributed by atoms with van der Waals surface area (Å²) in [6.45, 7) is 4.89. The number of furan rings is 1. The number of amides is 1. The van der Waals surface area contributed by atoms with E-state index >= 15 is 0 Å². The van der Waals surface area contributed by atoms with Crippen molar-refractivity contribution >= 4 is 11.9 Å². The number of hydrogen-bond acceptors (Lipinski definition) is 5. The van der Waals surface area contributed by atoms with Gasteiger partial charge in [-0.15, -0.1) is 0 Å². The SMILES string of the molecule is COCCN1CC[C@H]2CN(Cc3ccco3)C[C@@H]2C1=O.O=C(O)C(F)(F)F. The van der Waals surface area contributed by atoms with Crippen LogP contribution >= 0.6 is 0 Å². The Kier molecular flexibility index (Phi) is 7.25. The van der Waals surface area contributed by atoms with Crippen LogP contribution < -0.4 is 0 Å². The molecule has 27 heavy (non-hydrogen) atoms. The molecular formula is C17H23F3N2O5. The zero-order valence-corrected chi connectivity index (χ0v) is 14.9. The first-order valence-corrected chi connectivity index (χ1v) is 8.55. The molecule has 1 aromatic rings. The second-order valence-electron chi connectivity index (χ2n) is 6.55. The van der Waals surface area contributed by atoms with Crippen molar-refractivity contribution < 1.29 is 37.0 Å². The predicted octanol–water partition coefficient (Wildman–Crippen LogP) is 1.84. The van der Waals surface area contributed by atoms with E-state index < -0.39 is 12.1 Å². The van der Waals surface area contributed by atoms with E-state index in [2.05, 4.69) is 4.90 Å². The number of carboxylic acids is 1. The molecule has 0 radical (unpaired) electrons. The summed E-state index contributed by atoms with van der Waals surface area (Å²) in [6.07, 6.45) is -2.27. The number of halogens is 3. The number of rotatable bonds is 5. The van der Waals surface area contributed by atoms with Crippen LogP contribution in [-0.2, 0) is 20.9 Å². The molecule has 2 fully saturated rings. The van der Waals surface area contributed by atoms with Crippen molar-refractivity contribution in [1.82, 2.24) is 9.80 Å². The van der Waals surface area contributed by atoms with E-state index in [1.165, 1.54) is 0 Å². The summed E-state index contributed by atoms with van der Waals surface area (Å²) in [5.74, 6) is -0.799. The summed E-state index contributed by atoms with van der Waals surface area (Å²) in [5, 5.41) is 7.12. The zero-order valence-electron chi connectivity index (χ0n) is 14.9. The maximum Gasteiger partial charge on any atom is 0.490 e. The number of aliphatic carboxylic acids is 1. The molecule has 1 N–H and O–H groups in total. The minimum atomic E-state index is -5.08. The second kappa shape index (κ2) is 9.23. The number of ether oxygens (including phenoxy) is 1. The molecule has 7 nitrogen and oxygen atoms in total. The molecule has 3 heterocycles. The first-order valence-electron chi connectivity index (χ1n) is 8.55. The minimum Gasteiger partial charge on any atom is -0.475 e. The van der Waals surface area contributed by atoms with Crippen molar-refractivity contribution in [3.05, 3.63) is 24.2 Å². The number of methoxy groups -OCH3 is 1.